The first kappa shape index (κ1) is 30.4. The van der Waals surface area contributed by atoms with Crippen LogP contribution in [0.15, 0.2) is 73.1 Å². The zero-order chi connectivity index (χ0) is 31.9. The second kappa shape index (κ2) is 11.7. The van der Waals surface area contributed by atoms with Crippen molar-refractivity contribution in [3.8, 4) is 22.8 Å². The molecule has 1 aromatic heterocycles. The summed E-state index contributed by atoms with van der Waals surface area (Å²) in [6.07, 6.45) is -1.85. The third-order valence-electron chi connectivity index (χ3n) is 7.62. The molecule has 0 bridgehead atoms. The maximum atomic E-state index is 14.0. The highest BCUT2D eigenvalue weighted by atomic mass is 32.2. The molecule has 6 rings (SSSR count). The molecule has 1 unspecified atom stereocenters. The number of nitrogens with one attached hydrogen (secondary N) is 2. The molecule has 45 heavy (non-hydrogen) atoms. The van der Waals surface area contributed by atoms with Crippen LogP contribution >= 0.6 is 11.8 Å². The van der Waals surface area contributed by atoms with Crippen molar-refractivity contribution < 1.29 is 31.9 Å². The Bertz CT molecular complexity index is 1720. The molecule has 1 saturated heterocycles. The second-order valence-electron chi connectivity index (χ2n) is 11.1. The summed E-state index contributed by atoms with van der Waals surface area (Å²) in [4.78, 5) is 31.8. The van der Waals surface area contributed by atoms with Crippen LogP contribution < -0.4 is 20.3 Å². The maximum absolute atomic E-state index is 14.0. The van der Waals surface area contributed by atoms with E-state index in [0.717, 1.165) is 18.4 Å². The van der Waals surface area contributed by atoms with Gasteiger partial charge in [-0.2, -0.15) is 0 Å². The van der Waals surface area contributed by atoms with Gasteiger partial charge < -0.3 is 15.4 Å². The summed E-state index contributed by atoms with van der Waals surface area (Å²) >= 11 is 1.29. The molecule has 4 aromatic rings. The molecule has 0 spiro atoms. The molecule has 1 saturated carbocycles. The highest BCUT2D eigenvalue weighted by molar-refractivity contribution is 8.01. The molecule has 0 radical (unpaired) electrons. The number of amides is 3. The van der Waals surface area contributed by atoms with Gasteiger partial charge in [-0.15, -0.1) is 30.0 Å². The predicted octanol–water partition coefficient (Wildman–Crippen LogP) is 6.45. The minimum absolute atomic E-state index is 0.0291. The van der Waals surface area contributed by atoms with Crippen LogP contribution in [-0.2, 0) is 10.3 Å². The highest BCUT2D eigenvalue weighted by Crippen LogP contribution is 2.46. The van der Waals surface area contributed by atoms with E-state index in [1.807, 2.05) is 38.1 Å². The Morgan fingerprint density at radius 2 is 1.78 bits per heavy atom. The van der Waals surface area contributed by atoms with E-state index in [9.17, 15) is 27.2 Å². The van der Waals surface area contributed by atoms with Crippen molar-refractivity contribution in [2.24, 2.45) is 0 Å². The van der Waals surface area contributed by atoms with Gasteiger partial charge >= 0.3 is 12.4 Å². The lowest BCUT2D eigenvalue weighted by Gasteiger charge is -2.29. The zero-order valence-electron chi connectivity index (χ0n) is 24.1. The van der Waals surface area contributed by atoms with Crippen LogP contribution in [0.25, 0.3) is 17.1 Å². The number of carbonyl (C=O) groups is 2. The van der Waals surface area contributed by atoms with Crippen LogP contribution in [0.5, 0.6) is 5.75 Å². The molecule has 2 fully saturated rings. The topological polar surface area (TPSA) is 101 Å². The Balaban J connectivity index is 1.11. The summed E-state index contributed by atoms with van der Waals surface area (Å²) < 4.78 is 56.6. The molecule has 3 aromatic carbocycles. The molecule has 3 amide bonds. The van der Waals surface area contributed by atoms with Crippen molar-refractivity contribution in [3.05, 3.63) is 90.0 Å². The van der Waals surface area contributed by atoms with Gasteiger partial charge in [0.1, 0.15) is 17.9 Å². The molecule has 14 heteroatoms. The number of hydrogen-bond acceptors (Lipinski definition) is 6. The number of carbonyl (C=O) groups excluding carboxylic acids is 2. The lowest BCUT2D eigenvalue weighted by molar-refractivity contribution is -0.274. The Labute approximate surface area is 260 Å². The fourth-order valence-corrected chi connectivity index (χ4v) is 6.24. The molecular formula is C31H28F4N6O3S. The minimum Gasteiger partial charge on any atom is -0.406 e. The first-order chi connectivity index (χ1) is 21.4. The van der Waals surface area contributed by atoms with Gasteiger partial charge in [-0.25, -0.2) is 18.9 Å². The third-order valence-corrected chi connectivity index (χ3v) is 8.68. The second-order valence-corrected chi connectivity index (χ2v) is 12.2. The van der Waals surface area contributed by atoms with Crippen molar-refractivity contribution in [3.63, 3.8) is 0 Å². The number of alkyl halides is 3. The maximum Gasteiger partial charge on any atom is 0.573 e. The number of anilines is 1. The molecular weight excluding hydrogens is 612 g/mol. The predicted molar refractivity (Wildman–Crippen MR) is 160 cm³/mol. The third kappa shape index (κ3) is 6.60. The van der Waals surface area contributed by atoms with Gasteiger partial charge in [0.05, 0.1) is 22.7 Å². The first-order valence-electron chi connectivity index (χ1n) is 14.1. The number of benzene rings is 3. The van der Waals surface area contributed by atoms with Crippen LogP contribution in [0.2, 0.25) is 0 Å². The number of halogens is 4. The van der Waals surface area contributed by atoms with E-state index in [-0.39, 0.29) is 29.1 Å². The van der Waals surface area contributed by atoms with Gasteiger partial charge in [-0.1, -0.05) is 38.1 Å². The van der Waals surface area contributed by atoms with Crippen LogP contribution in [0.4, 0.5) is 28.0 Å². The number of nitrogens with zero attached hydrogens (tertiary/aromatic N) is 4. The van der Waals surface area contributed by atoms with E-state index in [2.05, 4.69) is 25.5 Å². The summed E-state index contributed by atoms with van der Waals surface area (Å²) in [6, 6.07) is 16.6. The van der Waals surface area contributed by atoms with E-state index in [0.29, 0.717) is 28.3 Å². The normalized spacial score (nSPS) is 17.4. The van der Waals surface area contributed by atoms with E-state index in [4.69, 9.17) is 0 Å². The molecule has 1 aliphatic carbocycles. The van der Waals surface area contributed by atoms with Crippen LogP contribution in [0.1, 0.15) is 43.7 Å². The van der Waals surface area contributed by atoms with Gasteiger partial charge in [-0.05, 0) is 72.4 Å². The number of thioether (sulfide) groups is 1. The average molecular weight is 641 g/mol. The Kier molecular flexibility index (Phi) is 7.93. The van der Waals surface area contributed by atoms with Gasteiger partial charge in [0.15, 0.2) is 11.3 Å². The fourth-order valence-electron chi connectivity index (χ4n) is 5.23. The molecule has 2 aliphatic rings. The van der Waals surface area contributed by atoms with Crippen molar-refractivity contribution in [1.29, 1.82) is 0 Å². The van der Waals surface area contributed by atoms with Crippen molar-refractivity contribution in [1.82, 2.24) is 25.4 Å². The molecule has 2 N–H and O–H groups in total. The summed E-state index contributed by atoms with van der Waals surface area (Å²) in [5.41, 5.74) is 2.17. The van der Waals surface area contributed by atoms with Gasteiger partial charge in [0.2, 0.25) is 5.91 Å². The number of ether oxygens (including phenoxy) is 1. The Morgan fingerprint density at radius 1 is 1.07 bits per heavy atom. The summed E-state index contributed by atoms with van der Waals surface area (Å²) in [7, 11) is 0. The molecule has 234 valence electrons. The summed E-state index contributed by atoms with van der Waals surface area (Å²) in [6.45, 7) is 3.84. The van der Waals surface area contributed by atoms with E-state index in [1.165, 1.54) is 64.1 Å². The SMILES string of the molecule is CC(C)c1cc(F)ccc1N1C(=O)CSC1NC(=O)NC1(c2ccc(-c3ncn(-c4ccc(OC(F)(F)F)cc4)n3)cc2)CC1. The van der Waals surface area contributed by atoms with E-state index >= 15 is 0 Å². The summed E-state index contributed by atoms with van der Waals surface area (Å²) in [5, 5.41) is 10.4. The molecule has 1 aliphatic heterocycles. The van der Waals surface area contributed by atoms with Crippen molar-refractivity contribution >= 4 is 29.4 Å². The van der Waals surface area contributed by atoms with E-state index < -0.39 is 23.4 Å². The fraction of sp³-hybridized carbons (Fsp3) is 0.290. The number of aromatic nitrogens is 3. The average Bonchev–Trinajstić information content (AvgIpc) is 3.43. The van der Waals surface area contributed by atoms with Crippen LogP contribution in [-0.4, -0.2) is 44.3 Å². The molecule has 2 heterocycles. The molecule has 9 nitrogen and oxygen atoms in total. The van der Waals surface area contributed by atoms with Gasteiger partial charge in [-0.3, -0.25) is 9.69 Å². The highest BCUT2D eigenvalue weighted by Gasteiger charge is 2.46. The van der Waals surface area contributed by atoms with E-state index in [1.54, 1.807) is 6.07 Å². The largest absolute Gasteiger partial charge is 0.573 e. The van der Waals surface area contributed by atoms with Crippen LogP contribution in [0.3, 0.4) is 0 Å². The number of rotatable bonds is 8. The molecule has 1 atom stereocenters. The standard InChI is InChI=1S/C31H28F4N6O3S/c1-18(2)24-15-21(32)7-12-25(24)41-26(42)16-45-29(41)37-28(43)38-30(13-14-30)20-5-3-19(4-6-20)27-36-17-40(39-27)22-8-10-23(11-9-22)44-31(33,34)35/h3-12,15,17-18,29H,13-14,16H2,1-2H3,(H2,37,38,43). The minimum atomic E-state index is -4.77. The van der Waals surface area contributed by atoms with Crippen molar-refractivity contribution in [2.45, 2.75) is 50.0 Å². The first-order valence-corrected chi connectivity index (χ1v) is 15.2. The lowest BCUT2D eigenvalue weighted by Crippen LogP contribution is -2.51. The monoisotopic (exact) mass is 640 g/mol. The summed E-state index contributed by atoms with van der Waals surface area (Å²) in [5.74, 6) is -0.314. The Morgan fingerprint density at radius 3 is 2.42 bits per heavy atom. The van der Waals surface area contributed by atoms with Crippen LogP contribution in [0, 0.1) is 5.82 Å². The van der Waals surface area contributed by atoms with Gasteiger partial charge in [0.25, 0.3) is 0 Å². The zero-order valence-corrected chi connectivity index (χ0v) is 25.0. The van der Waals surface area contributed by atoms with Crippen molar-refractivity contribution in [2.75, 3.05) is 10.7 Å². The quantitative estimate of drug-likeness (QED) is 0.215. The number of urea groups is 1. The van der Waals surface area contributed by atoms with Gasteiger partial charge in [0, 0.05) is 5.56 Å². The smallest absolute Gasteiger partial charge is 0.406 e. The number of hydrogen-bond donors (Lipinski definition) is 2. The Hall–Kier alpha value is -4.59. The lowest BCUT2D eigenvalue weighted by atomic mass is 10.00.